The van der Waals surface area contributed by atoms with Crippen molar-refractivity contribution in [2.75, 3.05) is 26.2 Å². The van der Waals surface area contributed by atoms with Gasteiger partial charge in [0, 0.05) is 37.7 Å². The van der Waals surface area contributed by atoms with Crippen LogP contribution in [0.3, 0.4) is 0 Å². The molecular formula is C21H30N4O2S. The van der Waals surface area contributed by atoms with Crippen molar-refractivity contribution in [1.82, 2.24) is 20.4 Å². The van der Waals surface area contributed by atoms with Crippen molar-refractivity contribution < 1.29 is 9.32 Å². The molecule has 1 fully saturated rings. The van der Waals surface area contributed by atoms with Crippen molar-refractivity contribution in [3.05, 3.63) is 41.4 Å². The van der Waals surface area contributed by atoms with Crippen LogP contribution >= 0.6 is 11.8 Å². The van der Waals surface area contributed by atoms with E-state index in [1.165, 1.54) is 31.3 Å². The number of carbonyl (C=O) groups excluding carboxylic acids is 1. The highest BCUT2D eigenvalue weighted by Gasteiger charge is 2.21. The van der Waals surface area contributed by atoms with Gasteiger partial charge in [-0.25, -0.2) is 4.98 Å². The summed E-state index contributed by atoms with van der Waals surface area (Å²) >= 11 is 1.50. The van der Waals surface area contributed by atoms with Crippen LogP contribution in [-0.4, -0.2) is 47.1 Å². The normalized spacial score (nSPS) is 20.2. The number of pyridine rings is 1. The molecule has 0 unspecified atom stereocenters. The molecule has 2 aromatic rings. The predicted octanol–water partition coefficient (Wildman–Crippen LogP) is 3.77. The summed E-state index contributed by atoms with van der Waals surface area (Å²) in [5.74, 6) is 2.88. The first-order chi connectivity index (χ1) is 13.5. The fraction of sp³-hybridized carbons (Fsp3) is 0.571. The summed E-state index contributed by atoms with van der Waals surface area (Å²) < 4.78 is 5.09. The van der Waals surface area contributed by atoms with Gasteiger partial charge in [0.05, 0.1) is 11.3 Å². The van der Waals surface area contributed by atoms with E-state index in [1.54, 1.807) is 12.3 Å². The maximum Gasteiger partial charge on any atom is 0.254 e. The van der Waals surface area contributed by atoms with Crippen molar-refractivity contribution in [1.29, 1.82) is 0 Å². The van der Waals surface area contributed by atoms with Gasteiger partial charge >= 0.3 is 0 Å². The molecule has 1 aliphatic heterocycles. The van der Waals surface area contributed by atoms with Gasteiger partial charge in [-0.05, 0) is 50.3 Å². The lowest BCUT2D eigenvalue weighted by atomic mass is 9.92. The quantitative estimate of drug-likeness (QED) is 0.535. The third-order valence-corrected chi connectivity index (χ3v) is 5.97. The molecule has 3 heterocycles. The molecule has 28 heavy (non-hydrogen) atoms. The number of aryl methyl sites for hydroxylation is 1. The molecule has 1 N–H and O–H groups in total. The fourth-order valence-corrected chi connectivity index (χ4v) is 4.75. The molecule has 152 valence electrons. The minimum Gasteiger partial charge on any atom is -0.361 e. The van der Waals surface area contributed by atoms with Gasteiger partial charge in [-0.2, -0.15) is 0 Å². The third kappa shape index (κ3) is 6.07. The van der Waals surface area contributed by atoms with Crippen molar-refractivity contribution >= 4 is 17.7 Å². The number of rotatable bonds is 8. The van der Waals surface area contributed by atoms with Crippen LogP contribution in [0.2, 0.25) is 0 Å². The highest BCUT2D eigenvalue weighted by atomic mass is 32.2. The van der Waals surface area contributed by atoms with E-state index < -0.39 is 0 Å². The number of likely N-dealkylation sites (tertiary alicyclic amines) is 1. The van der Waals surface area contributed by atoms with Gasteiger partial charge in [0.25, 0.3) is 5.91 Å². The van der Waals surface area contributed by atoms with E-state index >= 15 is 0 Å². The first kappa shape index (κ1) is 20.9. The minimum atomic E-state index is -0.0627. The lowest BCUT2D eigenvalue weighted by molar-refractivity contribution is 0.0943. The first-order valence-electron chi connectivity index (χ1n) is 10.0. The number of amides is 1. The molecule has 7 heteroatoms. The molecular weight excluding hydrogens is 372 g/mol. The molecule has 3 rings (SSSR count). The first-order valence-corrected chi connectivity index (χ1v) is 11.0. The second kappa shape index (κ2) is 10.1. The molecule has 1 amide bonds. The maximum atomic E-state index is 12.6. The third-order valence-electron chi connectivity index (χ3n) is 4.93. The minimum absolute atomic E-state index is 0.0627. The second-order valence-corrected chi connectivity index (χ2v) is 8.85. The number of nitrogens with one attached hydrogen (secondary N) is 1. The van der Waals surface area contributed by atoms with Crippen LogP contribution in [0, 0.1) is 18.8 Å². The monoisotopic (exact) mass is 402 g/mol. The van der Waals surface area contributed by atoms with Gasteiger partial charge in [-0.15, -0.1) is 0 Å². The molecule has 0 bridgehead atoms. The van der Waals surface area contributed by atoms with Crippen LogP contribution in [0.25, 0.3) is 0 Å². The van der Waals surface area contributed by atoms with Crippen molar-refractivity contribution in [3.8, 4) is 0 Å². The van der Waals surface area contributed by atoms with Gasteiger partial charge in [-0.1, -0.05) is 30.8 Å². The molecule has 2 atom stereocenters. The van der Waals surface area contributed by atoms with Gasteiger partial charge in [0.15, 0.2) is 0 Å². The summed E-state index contributed by atoms with van der Waals surface area (Å²) in [6.45, 7) is 10.6. The van der Waals surface area contributed by atoms with E-state index in [-0.39, 0.29) is 5.91 Å². The maximum absolute atomic E-state index is 12.6. The largest absolute Gasteiger partial charge is 0.361 e. The van der Waals surface area contributed by atoms with E-state index in [2.05, 4.69) is 34.2 Å². The zero-order valence-corrected chi connectivity index (χ0v) is 17.8. The van der Waals surface area contributed by atoms with Crippen LogP contribution in [0.5, 0.6) is 0 Å². The Hall–Kier alpha value is -1.86. The molecule has 1 aliphatic rings. The second-order valence-electron chi connectivity index (χ2n) is 7.89. The van der Waals surface area contributed by atoms with Crippen LogP contribution in [0.4, 0.5) is 0 Å². The number of carbonyl (C=O) groups is 1. The molecule has 0 aromatic carbocycles. The Morgan fingerprint density at radius 2 is 2.14 bits per heavy atom. The lowest BCUT2D eigenvalue weighted by Gasteiger charge is -2.34. The van der Waals surface area contributed by atoms with Crippen molar-refractivity contribution in [2.24, 2.45) is 11.8 Å². The fourth-order valence-electron chi connectivity index (χ4n) is 3.88. The molecule has 0 radical (unpaired) electrons. The highest BCUT2D eigenvalue weighted by Crippen LogP contribution is 2.24. The van der Waals surface area contributed by atoms with E-state index in [4.69, 9.17) is 4.52 Å². The number of aromatic nitrogens is 2. The Kier molecular flexibility index (Phi) is 7.50. The van der Waals surface area contributed by atoms with E-state index in [0.29, 0.717) is 17.9 Å². The topological polar surface area (TPSA) is 71.3 Å². The summed E-state index contributed by atoms with van der Waals surface area (Å²) in [7, 11) is 0. The molecule has 6 nitrogen and oxygen atoms in total. The number of hydrogen-bond acceptors (Lipinski definition) is 6. The Morgan fingerprint density at radius 3 is 2.86 bits per heavy atom. The molecule has 1 saturated heterocycles. The molecule has 2 aromatic heterocycles. The number of piperidine rings is 1. The SMILES string of the molecule is Cc1cc(CSc2ncccc2C(=O)NCCCN2C[C@@H](C)C[C@H](C)C2)no1. The Morgan fingerprint density at radius 1 is 1.36 bits per heavy atom. The summed E-state index contributed by atoms with van der Waals surface area (Å²) in [4.78, 5) is 19.5. The lowest BCUT2D eigenvalue weighted by Crippen LogP contribution is -2.40. The average Bonchev–Trinajstić information content (AvgIpc) is 3.08. The zero-order valence-electron chi connectivity index (χ0n) is 17.0. The Bertz CT molecular complexity index is 769. The zero-order chi connectivity index (χ0) is 19.9. The number of thioether (sulfide) groups is 1. The van der Waals surface area contributed by atoms with Crippen LogP contribution < -0.4 is 5.32 Å². The number of nitrogens with zero attached hydrogens (tertiary/aromatic N) is 3. The Balaban J connectivity index is 1.46. The summed E-state index contributed by atoms with van der Waals surface area (Å²) in [5.41, 5.74) is 1.47. The van der Waals surface area contributed by atoms with Crippen LogP contribution in [0.15, 0.2) is 33.9 Å². The number of hydrogen-bond donors (Lipinski definition) is 1. The smallest absolute Gasteiger partial charge is 0.254 e. The van der Waals surface area contributed by atoms with Gasteiger partial charge in [-0.3, -0.25) is 4.79 Å². The van der Waals surface area contributed by atoms with Gasteiger partial charge in [0.2, 0.25) is 0 Å². The van der Waals surface area contributed by atoms with Gasteiger partial charge < -0.3 is 14.7 Å². The van der Waals surface area contributed by atoms with Crippen molar-refractivity contribution in [3.63, 3.8) is 0 Å². The summed E-state index contributed by atoms with van der Waals surface area (Å²) in [6, 6.07) is 5.53. The van der Waals surface area contributed by atoms with Gasteiger partial charge in [0.1, 0.15) is 10.8 Å². The molecule has 0 aliphatic carbocycles. The van der Waals surface area contributed by atoms with E-state index in [9.17, 15) is 4.79 Å². The molecule has 0 spiro atoms. The Labute approximate surface area is 171 Å². The molecule has 0 saturated carbocycles. The van der Waals surface area contributed by atoms with Crippen LogP contribution in [0.1, 0.15) is 48.5 Å². The average molecular weight is 403 g/mol. The summed E-state index contributed by atoms with van der Waals surface area (Å²) in [5, 5.41) is 7.76. The standard InChI is InChI=1S/C21H30N4O2S/c1-15-10-16(2)13-25(12-15)9-5-8-22-20(26)19-6-4-7-23-21(19)28-14-18-11-17(3)27-24-18/h4,6-7,11,15-16H,5,8-10,12-14H2,1-3H3,(H,22,26)/t15-,16-/m0/s1. The van der Waals surface area contributed by atoms with Crippen molar-refractivity contribution in [2.45, 2.75) is 44.4 Å². The van der Waals surface area contributed by atoms with E-state index in [0.717, 1.165) is 41.3 Å². The predicted molar refractivity (Wildman–Crippen MR) is 111 cm³/mol. The van der Waals surface area contributed by atoms with E-state index in [1.807, 2.05) is 19.1 Å². The highest BCUT2D eigenvalue weighted by molar-refractivity contribution is 7.98. The van der Waals surface area contributed by atoms with Crippen LogP contribution in [-0.2, 0) is 5.75 Å². The summed E-state index contributed by atoms with van der Waals surface area (Å²) in [6.07, 6.45) is 4.00.